The van der Waals surface area contributed by atoms with Gasteiger partial charge in [-0.05, 0) is 49.2 Å². The molecule has 0 aliphatic heterocycles. The molecule has 21 heavy (non-hydrogen) atoms. The van der Waals surface area contributed by atoms with Gasteiger partial charge in [-0.25, -0.2) is 0 Å². The van der Waals surface area contributed by atoms with Gasteiger partial charge in [0.2, 0.25) is 0 Å². The maximum atomic E-state index is 5.84. The van der Waals surface area contributed by atoms with Gasteiger partial charge in [0.15, 0.2) is 11.5 Å². The molecule has 1 aromatic carbocycles. The Morgan fingerprint density at radius 1 is 1.05 bits per heavy atom. The van der Waals surface area contributed by atoms with Crippen molar-refractivity contribution in [1.29, 1.82) is 0 Å². The Morgan fingerprint density at radius 3 is 2.67 bits per heavy atom. The zero-order valence-corrected chi connectivity index (χ0v) is 12.4. The molecule has 0 fully saturated rings. The van der Waals surface area contributed by atoms with Crippen LogP contribution in [0.1, 0.15) is 18.1 Å². The molecule has 2 aromatic rings. The predicted octanol–water partition coefficient (Wildman–Crippen LogP) is 2.60. The average Bonchev–Trinajstić information content (AvgIpc) is 2.51. The quantitative estimate of drug-likeness (QED) is 0.810. The first kappa shape index (κ1) is 15.3. The van der Waals surface area contributed by atoms with Gasteiger partial charge in [-0.15, -0.1) is 0 Å². The van der Waals surface area contributed by atoms with Gasteiger partial charge in [0.05, 0.1) is 13.2 Å². The molecular formula is C17H22N2O2. The third kappa shape index (κ3) is 4.76. The summed E-state index contributed by atoms with van der Waals surface area (Å²) in [6.07, 6.45) is 5.30. The van der Waals surface area contributed by atoms with Crippen molar-refractivity contribution in [2.45, 2.75) is 19.8 Å². The fourth-order valence-corrected chi connectivity index (χ4v) is 2.09. The predicted molar refractivity (Wildman–Crippen MR) is 83.8 cm³/mol. The van der Waals surface area contributed by atoms with Crippen LogP contribution >= 0.6 is 0 Å². The fourth-order valence-electron chi connectivity index (χ4n) is 2.09. The van der Waals surface area contributed by atoms with Crippen molar-refractivity contribution in [2.75, 3.05) is 19.8 Å². The van der Waals surface area contributed by atoms with Crippen molar-refractivity contribution < 1.29 is 9.47 Å². The van der Waals surface area contributed by atoms with Gasteiger partial charge in [-0.3, -0.25) is 4.98 Å². The van der Waals surface area contributed by atoms with Crippen LogP contribution in [0.4, 0.5) is 0 Å². The lowest BCUT2D eigenvalue weighted by atomic mass is 10.1. The molecule has 0 spiro atoms. The molecule has 0 aliphatic rings. The maximum Gasteiger partial charge on any atom is 0.161 e. The van der Waals surface area contributed by atoms with Crippen LogP contribution < -0.4 is 15.2 Å². The summed E-state index contributed by atoms with van der Waals surface area (Å²) in [5, 5.41) is 0. The van der Waals surface area contributed by atoms with Gasteiger partial charge in [0.1, 0.15) is 0 Å². The minimum absolute atomic E-state index is 0.599. The number of pyridine rings is 1. The summed E-state index contributed by atoms with van der Waals surface area (Å²) in [6.45, 7) is 3.81. The molecule has 1 aromatic heterocycles. The second-order valence-corrected chi connectivity index (χ2v) is 4.71. The molecular weight excluding hydrogens is 264 g/mol. The lowest BCUT2D eigenvalue weighted by Crippen LogP contribution is -2.06. The SMILES string of the molecule is CCOc1cc(CCN)ccc1OCCc1cccnc1. The van der Waals surface area contributed by atoms with E-state index in [1.807, 2.05) is 43.5 Å². The number of nitrogens with zero attached hydrogens (tertiary/aromatic N) is 1. The Balaban J connectivity index is 1.98. The van der Waals surface area contributed by atoms with E-state index in [1.54, 1.807) is 6.20 Å². The third-order valence-corrected chi connectivity index (χ3v) is 3.11. The van der Waals surface area contributed by atoms with Gasteiger partial charge < -0.3 is 15.2 Å². The summed E-state index contributed by atoms with van der Waals surface area (Å²) < 4.78 is 11.5. The van der Waals surface area contributed by atoms with Gasteiger partial charge in [-0.1, -0.05) is 12.1 Å². The van der Waals surface area contributed by atoms with Crippen molar-refractivity contribution in [3.63, 3.8) is 0 Å². The molecule has 4 nitrogen and oxygen atoms in total. The van der Waals surface area contributed by atoms with Crippen LogP contribution in [-0.4, -0.2) is 24.7 Å². The minimum atomic E-state index is 0.599. The summed E-state index contributed by atoms with van der Waals surface area (Å²) in [5.41, 5.74) is 7.92. The van der Waals surface area contributed by atoms with Gasteiger partial charge in [0.25, 0.3) is 0 Å². The molecule has 2 rings (SSSR count). The zero-order chi connectivity index (χ0) is 14.9. The summed E-state index contributed by atoms with van der Waals surface area (Å²) in [6, 6.07) is 9.98. The highest BCUT2D eigenvalue weighted by Crippen LogP contribution is 2.28. The summed E-state index contributed by atoms with van der Waals surface area (Å²) in [7, 11) is 0. The van der Waals surface area contributed by atoms with E-state index in [1.165, 1.54) is 5.56 Å². The van der Waals surface area contributed by atoms with Crippen LogP contribution in [0.2, 0.25) is 0 Å². The Hall–Kier alpha value is -2.07. The van der Waals surface area contributed by atoms with Crippen LogP contribution in [0.15, 0.2) is 42.7 Å². The van der Waals surface area contributed by atoms with E-state index in [9.17, 15) is 0 Å². The van der Waals surface area contributed by atoms with E-state index in [2.05, 4.69) is 4.98 Å². The largest absolute Gasteiger partial charge is 0.490 e. The first-order valence-electron chi connectivity index (χ1n) is 7.31. The fraction of sp³-hybridized carbons (Fsp3) is 0.353. The normalized spacial score (nSPS) is 10.4. The van der Waals surface area contributed by atoms with Crippen molar-refractivity contribution in [1.82, 2.24) is 4.98 Å². The molecule has 0 aliphatic carbocycles. The second-order valence-electron chi connectivity index (χ2n) is 4.71. The molecule has 4 heteroatoms. The lowest BCUT2D eigenvalue weighted by Gasteiger charge is -2.13. The highest BCUT2D eigenvalue weighted by atomic mass is 16.5. The number of benzene rings is 1. The summed E-state index contributed by atoms with van der Waals surface area (Å²) in [4.78, 5) is 4.10. The van der Waals surface area contributed by atoms with E-state index in [-0.39, 0.29) is 0 Å². The van der Waals surface area contributed by atoms with Crippen LogP contribution in [0.25, 0.3) is 0 Å². The molecule has 2 N–H and O–H groups in total. The molecule has 0 unspecified atom stereocenters. The van der Waals surface area contributed by atoms with Gasteiger partial charge in [0, 0.05) is 18.8 Å². The first-order valence-corrected chi connectivity index (χ1v) is 7.31. The van der Waals surface area contributed by atoms with Crippen LogP contribution in [0.5, 0.6) is 11.5 Å². The smallest absolute Gasteiger partial charge is 0.161 e. The van der Waals surface area contributed by atoms with Crippen LogP contribution in [0, 0.1) is 0 Å². The van der Waals surface area contributed by atoms with E-state index in [0.717, 1.165) is 29.9 Å². The molecule has 0 atom stereocenters. The molecule has 0 radical (unpaired) electrons. The maximum absolute atomic E-state index is 5.84. The Kier molecular flexibility index (Phi) is 6.03. The van der Waals surface area contributed by atoms with Gasteiger partial charge >= 0.3 is 0 Å². The monoisotopic (exact) mass is 286 g/mol. The Morgan fingerprint density at radius 2 is 1.95 bits per heavy atom. The standard InChI is InChI=1S/C17H22N2O2/c1-2-20-17-12-14(7-9-18)5-6-16(17)21-11-8-15-4-3-10-19-13-15/h3-6,10,12-13H,2,7-9,11,18H2,1H3. The highest BCUT2D eigenvalue weighted by Gasteiger charge is 2.06. The molecule has 1 heterocycles. The lowest BCUT2D eigenvalue weighted by molar-refractivity contribution is 0.279. The molecule has 0 amide bonds. The van der Waals surface area contributed by atoms with E-state index in [0.29, 0.717) is 19.8 Å². The molecule has 0 saturated heterocycles. The van der Waals surface area contributed by atoms with Crippen molar-refractivity contribution in [2.24, 2.45) is 5.73 Å². The third-order valence-electron chi connectivity index (χ3n) is 3.11. The number of hydrogen-bond donors (Lipinski definition) is 1. The summed E-state index contributed by atoms with van der Waals surface area (Å²) in [5.74, 6) is 1.57. The molecule has 0 saturated carbocycles. The van der Waals surface area contributed by atoms with Crippen LogP contribution in [-0.2, 0) is 12.8 Å². The van der Waals surface area contributed by atoms with Crippen LogP contribution in [0.3, 0.4) is 0 Å². The number of rotatable bonds is 8. The van der Waals surface area contributed by atoms with E-state index >= 15 is 0 Å². The number of aromatic nitrogens is 1. The van der Waals surface area contributed by atoms with E-state index in [4.69, 9.17) is 15.2 Å². The Labute approximate surface area is 125 Å². The summed E-state index contributed by atoms with van der Waals surface area (Å²) >= 11 is 0. The van der Waals surface area contributed by atoms with E-state index < -0.39 is 0 Å². The first-order chi connectivity index (χ1) is 10.3. The molecule has 112 valence electrons. The van der Waals surface area contributed by atoms with Gasteiger partial charge in [-0.2, -0.15) is 0 Å². The van der Waals surface area contributed by atoms with Crippen molar-refractivity contribution in [3.8, 4) is 11.5 Å². The zero-order valence-electron chi connectivity index (χ0n) is 12.4. The number of hydrogen-bond acceptors (Lipinski definition) is 4. The highest BCUT2D eigenvalue weighted by molar-refractivity contribution is 5.43. The second kappa shape index (κ2) is 8.27. The Bertz CT molecular complexity index is 544. The average molecular weight is 286 g/mol. The van der Waals surface area contributed by atoms with Crippen molar-refractivity contribution >= 4 is 0 Å². The topological polar surface area (TPSA) is 57.4 Å². The van der Waals surface area contributed by atoms with Crippen molar-refractivity contribution in [3.05, 3.63) is 53.9 Å². The number of nitrogens with two attached hydrogens (primary N) is 1. The molecule has 0 bridgehead atoms. The number of ether oxygens (including phenoxy) is 2. The minimum Gasteiger partial charge on any atom is -0.490 e.